The number of halogens is 2. The molecule has 0 atom stereocenters. The Morgan fingerprint density at radius 1 is 1.18 bits per heavy atom. The van der Waals surface area contributed by atoms with Gasteiger partial charge in [-0.3, -0.25) is 0 Å². The van der Waals surface area contributed by atoms with E-state index in [0.717, 1.165) is 0 Å². The van der Waals surface area contributed by atoms with E-state index < -0.39 is 10.0 Å². The van der Waals surface area contributed by atoms with Crippen LogP contribution in [-0.4, -0.2) is 39.0 Å². The fraction of sp³-hybridized carbons (Fsp3) is 0.316. The van der Waals surface area contributed by atoms with E-state index in [1.165, 1.54) is 22.5 Å². The third-order valence-corrected chi connectivity index (χ3v) is 6.84. The van der Waals surface area contributed by atoms with Crippen molar-refractivity contribution in [1.29, 1.82) is 5.26 Å². The van der Waals surface area contributed by atoms with Crippen molar-refractivity contribution in [1.82, 2.24) is 4.31 Å². The molecule has 9 heteroatoms. The summed E-state index contributed by atoms with van der Waals surface area (Å²) in [6, 6.07) is 11.4. The Morgan fingerprint density at radius 3 is 2.57 bits per heavy atom. The largest absolute Gasteiger partial charge is 0.493 e. The molecular formula is C19H18Cl2N2O4S. The topological polar surface area (TPSA) is 79.6 Å². The lowest BCUT2D eigenvalue weighted by Gasteiger charge is -2.37. The maximum Gasteiger partial charge on any atom is 0.244 e. The molecule has 0 N–H and O–H groups in total. The Kier molecular flexibility index (Phi) is 6.36. The smallest absolute Gasteiger partial charge is 0.244 e. The van der Waals surface area contributed by atoms with Gasteiger partial charge in [0.2, 0.25) is 10.0 Å². The second kappa shape index (κ2) is 8.58. The Hall–Kier alpha value is -1.98. The molecule has 3 rings (SSSR count). The first kappa shape index (κ1) is 20.7. The van der Waals surface area contributed by atoms with Crippen LogP contribution in [0.4, 0.5) is 0 Å². The van der Waals surface area contributed by atoms with E-state index in [-0.39, 0.29) is 15.8 Å². The average molecular weight is 441 g/mol. The van der Waals surface area contributed by atoms with Gasteiger partial charge in [0.05, 0.1) is 23.8 Å². The second-order valence-electron chi connectivity index (χ2n) is 6.28. The van der Waals surface area contributed by atoms with Gasteiger partial charge in [0.25, 0.3) is 0 Å². The van der Waals surface area contributed by atoms with Gasteiger partial charge in [-0.15, -0.1) is 0 Å². The molecule has 6 nitrogen and oxygen atoms in total. The van der Waals surface area contributed by atoms with Gasteiger partial charge in [-0.2, -0.15) is 9.57 Å². The van der Waals surface area contributed by atoms with Crippen molar-refractivity contribution >= 4 is 33.2 Å². The van der Waals surface area contributed by atoms with Gasteiger partial charge in [-0.1, -0.05) is 23.2 Å². The summed E-state index contributed by atoms with van der Waals surface area (Å²) < 4.78 is 37.9. The van der Waals surface area contributed by atoms with Crippen LogP contribution in [0, 0.1) is 17.2 Å². The summed E-state index contributed by atoms with van der Waals surface area (Å²) in [5.41, 5.74) is 0.440. The van der Waals surface area contributed by atoms with Crippen LogP contribution in [0.25, 0.3) is 0 Å². The molecule has 0 aliphatic carbocycles. The molecule has 1 aliphatic rings. The van der Waals surface area contributed by atoms with E-state index in [9.17, 15) is 8.42 Å². The lowest BCUT2D eigenvalue weighted by molar-refractivity contribution is 0.129. The van der Waals surface area contributed by atoms with Crippen LogP contribution in [-0.2, 0) is 10.0 Å². The zero-order chi connectivity index (χ0) is 20.3. The summed E-state index contributed by atoms with van der Waals surface area (Å²) in [6.45, 7) is 3.33. The fourth-order valence-electron chi connectivity index (χ4n) is 2.82. The molecule has 2 aromatic carbocycles. The van der Waals surface area contributed by atoms with Gasteiger partial charge in [-0.05, 0) is 37.3 Å². The Balaban J connectivity index is 1.59. The first-order valence-corrected chi connectivity index (χ1v) is 10.8. The van der Waals surface area contributed by atoms with E-state index in [2.05, 4.69) is 6.07 Å². The molecule has 0 unspecified atom stereocenters. The molecular weight excluding hydrogens is 423 g/mol. The fourth-order valence-corrected chi connectivity index (χ4v) is 5.16. The molecule has 0 aromatic heterocycles. The van der Waals surface area contributed by atoms with Gasteiger partial charge in [0.15, 0.2) is 0 Å². The van der Waals surface area contributed by atoms with Gasteiger partial charge in [-0.25, -0.2) is 8.42 Å². The van der Waals surface area contributed by atoms with Crippen molar-refractivity contribution < 1.29 is 17.9 Å². The number of rotatable bonds is 7. The third-order valence-electron chi connectivity index (χ3n) is 4.29. The number of hydrogen-bond donors (Lipinski definition) is 0. The number of hydrogen-bond acceptors (Lipinski definition) is 5. The second-order valence-corrected chi connectivity index (χ2v) is 9.03. The molecule has 28 heavy (non-hydrogen) atoms. The molecule has 1 heterocycles. The van der Waals surface area contributed by atoms with E-state index in [1.807, 2.05) is 6.92 Å². The minimum atomic E-state index is -3.66. The standard InChI is InChI=1S/C19H18Cl2N2O4S/c1-2-26-18-8-16(5-3-14(18)9-22)27-12-13-10-23(11-13)28(24,25)19-6-4-15(20)7-17(19)21/h3-8,13H,2,10-12H2,1H3. The number of ether oxygens (including phenoxy) is 2. The Bertz CT molecular complexity index is 1020. The average Bonchev–Trinajstić information content (AvgIpc) is 2.60. The van der Waals surface area contributed by atoms with Crippen molar-refractivity contribution in [2.24, 2.45) is 5.92 Å². The van der Waals surface area contributed by atoms with Crippen LogP contribution < -0.4 is 9.47 Å². The first-order chi connectivity index (χ1) is 13.3. The van der Waals surface area contributed by atoms with Crippen molar-refractivity contribution in [2.45, 2.75) is 11.8 Å². The van der Waals surface area contributed by atoms with E-state index >= 15 is 0 Å². The van der Waals surface area contributed by atoms with Crippen LogP contribution in [0.2, 0.25) is 10.0 Å². The Morgan fingerprint density at radius 2 is 1.93 bits per heavy atom. The summed E-state index contributed by atoms with van der Waals surface area (Å²) in [5.74, 6) is 1.11. The molecule has 1 saturated heterocycles. The minimum absolute atomic E-state index is 0.0476. The molecule has 1 fully saturated rings. The number of benzene rings is 2. The summed E-state index contributed by atoms with van der Waals surface area (Å²) >= 11 is 11.9. The third kappa shape index (κ3) is 4.36. The number of sulfonamides is 1. The molecule has 0 spiro atoms. The highest BCUT2D eigenvalue weighted by molar-refractivity contribution is 7.89. The van der Waals surface area contributed by atoms with Gasteiger partial charge < -0.3 is 9.47 Å². The van der Waals surface area contributed by atoms with Gasteiger partial charge in [0.1, 0.15) is 22.5 Å². The Labute approximate surface area is 174 Å². The SMILES string of the molecule is CCOc1cc(OCC2CN(S(=O)(=O)c3ccc(Cl)cc3Cl)C2)ccc1C#N. The van der Waals surface area contributed by atoms with Crippen molar-refractivity contribution in [3.63, 3.8) is 0 Å². The van der Waals surface area contributed by atoms with Crippen molar-refractivity contribution in [3.05, 3.63) is 52.0 Å². The van der Waals surface area contributed by atoms with Crippen molar-refractivity contribution in [3.8, 4) is 17.6 Å². The summed E-state index contributed by atoms with van der Waals surface area (Å²) in [7, 11) is -3.66. The van der Waals surface area contributed by atoms with Crippen LogP contribution in [0.5, 0.6) is 11.5 Å². The van der Waals surface area contributed by atoms with E-state index in [0.29, 0.717) is 48.4 Å². The lowest BCUT2D eigenvalue weighted by Crippen LogP contribution is -2.51. The highest BCUT2D eigenvalue weighted by atomic mass is 35.5. The van der Waals surface area contributed by atoms with Crippen LogP contribution in [0.15, 0.2) is 41.3 Å². The van der Waals surface area contributed by atoms with E-state index in [1.54, 1.807) is 18.2 Å². The number of nitriles is 1. The zero-order valence-corrected chi connectivity index (χ0v) is 17.4. The van der Waals surface area contributed by atoms with Crippen LogP contribution >= 0.6 is 23.2 Å². The maximum absolute atomic E-state index is 12.7. The normalized spacial score (nSPS) is 14.9. The molecule has 0 saturated carbocycles. The van der Waals surface area contributed by atoms with Crippen LogP contribution in [0.3, 0.4) is 0 Å². The molecule has 148 valence electrons. The highest BCUT2D eigenvalue weighted by Crippen LogP contribution is 2.32. The molecule has 0 radical (unpaired) electrons. The summed E-state index contributed by atoms with van der Waals surface area (Å²) in [6.07, 6.45) is 0. The van der Waals surface area contributed by atoms with Crippen LogP contribution in [0.1, 0.15) is 12.5 Å². The molecule has 1 aliphatic heterocycles. The molecule has 0 bridgehead atoms. The first-order valence-electron chi connectivity index (χ1n) is 8.60. The maximum atomic E-state index is 12.7. The van der Waals surface area contributed by atoms with Gasteiger partial charge >= 0.3 is 0 Å². The highest BCUT2D eigenvalue weighted by Gasteiger charge is 2.38. The summed E-state index contributed by atoms with van der Waals surface area (Å²) in [4.78, 5) is 0.0476. The van der Waals surface area contributed by atoms with Gasteiger partial charge in [0, 0.05) is 30.1 Å². The summed E-state index contributed by atoms with van der Waals surface area (Å²) in [5, 5.41) is 9.57. The monoisotopic (exact) mass is 440 g/mol. The van der Waals surface area contributed by atoms with E-state index in [4.69, 9.17) is 37.9 Å². The quantitative estimate of drug-likeness (QED) is 0.650. The predicted molar refractivity (Wildman–Crippen MR) is 107 cm³/mol. The zero-order valence-electron chi connectivity index (χ0n) is 15.1. The van der Waals surface area contributed by atoms with Crippen molar-refractivity contribution in [2.75, 3.05) is 26.3 Å². The predicted octanol–water partition coefficient (Wildman–Crippen LogP) is 3.96. The molecule has 0 amide bonds. The minimum Gasteiger partial charge on any atom is -0.493 e. The number of nitrogens with zero attached hydrogens (tertiary/aromatic N) is 2. The lowest BCUT2D eigenvalue weighted by atomic mass is 10.1. The molecule has 2 aromatic rings.